The average Bonchev–Trinajstić information content (AvgIpc) is 0.803. The third-order valence-corrected chi connectivity index (χ3v) is 22.3. The van der Waals surface area contributed by atoms with Gasteiger partial charge in [-0.1, -0.05) is 186 Å². The molecule has 12 nitrogen and oxygen atoms in total. The van der Waals surface area contributed by atoms with Crippen LogP contribution in [0.1, 0.15) is 333 Å². The Morgan fingerprint density at radius 2 is 0.704 bits per heavy atom. The van der Waals surface area contributed by atoms with E-state index in [0.717, 1.165) is 185 Å². The molecule has 6 rings (SSSR count). The molecule has 6 aromatic rings. The first-order valence-corrected chi connectivity index (χ1v) is 43.0. The van der Waals surface area contributed by atoms with Crippen LogP contribution in [0.15, 0.2) is 146 Å². The van der Waals surface area contributed by atoms with Crippen LogP contribution >= 0.6 is 32.9 Å². The summed E-state index contributed by atoms with van der Waals surface area (Å²) in [6, 6.07) is 39.1. The van der Waals surface area contributed by atoms with Gasteiger partial charge in [0, 0.05) is 167 Å². The smallest absolute Gasteiger partial charge is 0.310 e. The molecule has 0 aliphatic carbocycles. The van der Waals surface area contributed by atoms with Gasteiger partial charge in [-0.05, 0) is 108 Å². The van der Waals surface area contributed by atoms with E-state index in [1.165, 1.54) is 93.4 Å². The maximum atomic E-state index is 14.6. The van der Waals surface area contributed by atoms with Crippen molar-refractivity contribution in [3.8, 4) is 0 Å². The fourth-order valence-electron chi connectivity index (χ4n) is 15.2. The number of carbonyl (C=O) groups excluding carboxylic acids is 3. The van der Waals surface area contributed by atoms with Gasteiger partial charge >= 0.3 is 5.91 Å². The Morgan fingerprint density at radius 3 is 1.04 bits per heavy atom. The molecule has 0 saturated carbocycles. The highest BCUT2D eigenvalue weighted by Crippen LogP contribution is 2.36. The summed E-state index contributed by atoms with van der Waals surface area (Å²) in [5, 5.41) is 1.16. The van der Waals surface area contributed by atoms with Crippen molar-refractivity contribution in [2.24, 2.45) is 0 Å². The molecule has 17 heteroatoms. The molecule has 608 valence electrons. The van der Waals surface area contributed by atoms with Crippen LogP contribution in [0.25, 0.3) is 0 Å². The van der Waals surface area contributed by atoms with E-state index in [1.54, 1.807) is 13.8 Å². The fourth-order valence-corrected chi connectivity index (χ4v) is 15.8. The molecule has 0 aliphatic heterocycles. The zero-order valence-corrected chi connectivity index (χ0v) is 77.6. The molecule has 108 heavy (non-hydrogen) atoms. The standard InChI is InChI=1S/C63H103N6O2.C24H35N3O.C4H9Br.4BrH/c1-10-17-22-33-48-69(55(9)71,53-59(63-38-27-32-46-67(63)42-21-14-5)51-57(16-7)61-36-25-30-44-65(61)40-19-12-3)49-34-23-28-47-68(54(8)70)52-58(62-37-26-31-45-66(62)41-20-13-4)50-56(15-6)60-35-24-29-43-64(60)39-18-11-2;1-4-6-7-12-17-27(20(3)28)19-22(24-14-9-11-16-26-24)18-21(5-2)23-13-8-10-15-25-23;1-2-3-4-5;;;;/h24-27,29-32,35-38,43-46,56-59H,10-23,28,33-34,39-42,47-53H2,1-9H3;8-11,13-16,21-22H,4-7,12,17-19H2,1-3H3;2-4H2,1H3;4*1H/q+5;;;;;;/p-3. The second-order valence-corrected chi connectivity index (χ2v) is 30.6. The number of quaternary nitrogens is 1. The minimum absolute atomic E-state index is 0. The molecule has 3 amide bonds. The van der Waals surface area contributed by atoms with Crippen molar-refractivity contribution in [2.45, 2.75) is 325 Å². The second-order valence-electron chi connectivity index (χ2n) is 29.8. The van der Waals surface area contributed by atoms with Gasteiger partial charge in [-0.3, -0.25) is 24.0 Å². The van der Waals surface area contributed by atoms with Crippen molar-refractivity contribution < 1.29 is 88.1 Å². The molecule has 0 N–H and O–H groups in total. The minimum atomic E-state index is 0. The summed E-state index contributed by atoms with van der Waals surface area (Å²) in [5.41, 5.74) is 7.74. The highest BCUT2D eigenvalue weighted by molar-refractivity contribution is 9.09. The summed E-state index contributed by atoms with van der Waals surface area (Å²) in [7, 11) is 0. The van der Waals surface area contributed by atoms with E-state index >= 15 is 0 Å². The van der Waals surface area contributed by atoms with Crippen LogP contribution < -0.4 is 69.2 Å². The molecule has 6 aromatic heterocycles. The van der Waals surface area contributed by atoms with Gasteiger partial charge in [0.1, 0.15) is 26.2 Å². The molecule has 6 heterocycles. The Balaban J connectivity index is 0.00000257. The van der Waals surface area contributed by atoms with Crippen LogP contribution in [0.4, 0.5) is 0 Å². The third-order valence-electron chi connectivity index (χ3n) is 21.7. The molecule has 0 saturated heterocycles. The zero-order chi connectivity index (χ0) is 75.6. The minimum Gasteiger partial charge on any atom is -1.00 e. The van der Waals surface area contributed by atoms with E-state index in [2.05, 4.69) is 234 Å². The fraction of sp³-hybridized carbons (Fsp3) is 0.637. The molecule has 0 spiro atoms. The number of alkyl halides is 1. The highest BCUT2D eigenvalue weighted by atomic mass is 79.9. The SMILES string of the molecule is Br.CCCCBr.CCCCCCN(CC(CC(CC)c1ccccn1)c1ccccn1)C(C)=O.CCCCCC[N+](CCCCCN(CC(CC(CC)c1cccc[n+]1CCCC)c1cccc[n+]1CCCC)C(C)=O)(CC(CC(CC)c1cccc[n+]1CCCC)c1cccc[n+]1CCCC)C(C)=O.[Br-].[Br-].[Br-]. The van der Waals surface area contributed by atoms with Crippen LogP contribution in [0.3, 0.4) is 0 Å². The molecule has 0 bridgehead atoms. The lowest BCUT2D eigenvalue weighted by molar-refractivity contribution is -0.857. The van der Waals surface area contributed by atoms with Gasteiger partial charge in [-0.15, -0.1) is 17.0 Å². The van der Waals surface area contributed by atoms with Crippen LogP contribution in [0, 0.1) is 0 Å². The number of unbranched alkanes of at least 4 members (excludes halogenated alkanes) is 13. The van der Waals surface area contributed by atoms with Gasteiger partial charge in [0.25, 0.3) is 0 Å². The van der Waals surface area contributed by atoms with Gasteiger partial charge in [0.15, 0.2) is 47.6 Å². The van der Waals surface area contributed by atoms with Gasteiger partial charge in [-0.2, -0.15) is 0 Å². The van der Waals surface area contributed by atoms with Crippen molar-refractivity contribution in [2.75, 3.05) is 51.1 Å². The van der Waals surface area contributed by atoms with E-state index in [4.69, 9.17) is 0 Å². The topological polar surface area (TPSA) is 99.0 Å². The Kier molecular flexibility index (Phi) is 60.9. The van der Waals surface area contributed by atoms with E-state index < -0.39 is 0 Å². The first kappa shape index (κ1) is 104. The van der Waals surface area contributed by atoms with E-state index in [1.807, 2.05) is 42.4 Å². The van der Waals surface area contributed by atoms with Gasteiger partial charge in [-0.25, -0.2) is 23.1 Å². The number of hydrogen-bond acceptors (Lipinski definition) is 5. The van der Waals surface area contributed by atoms with Crippen molar-refractivity contribution in [1.82, 2.24) is 19.8 Å². The normalized spacial score (nSPS) is 13.1. The maximum Gasteiger partial charge on any atom is 0.310 e. The predicted molar refractivity (Wildman–Crippen MR) is 447 cm³/mol. The predicted octanol–water partition coefficient (Wildman–Crippen LogP) is 12.4. The first-order chi connectivity index (χ1) is 50.7. The Morgan fingerprint density at radius 1 is 0.380 bits per heavy atom. The van der Waals surface area contributed by atoms with Gasteiger partial charge < -0.3 is 60.7 Å². The summed E-state index contributed by atoms with van der Waals surface area (Å²) < 4.78 is 10.5. The number of halogens is 5. The largest absolute Gasteiger partial charge is 1.00 e. The highest BCUT2D eigenvalue weighted by Gasteiger charge is 2.41. The molecule has 7 atom stereocenters. The van der Waals surface area contributed by atoms with Crippen LogP contribution in [0.5, 0.6) is 0 Å². The molecule has 0 aromatic carbocycles. The maximum absolute atomic E-state index is 14.6. The number of rotatable bonds is 51. The summed E-state index contributed by atoms with van der Waals surface area (Å²) >= 11 is 3.31. The Bertz CT molecular complexity index is 3220. The zero-order valence-electron chi connectivity index (χ0n) is 69.6. The van der Waals surface area contributed by atoms with Crippen LogP contribution in [-0.4, -0.2) is 93.1 Å². The van der Waals surface area contributed by atoms with E-state index in [9.17, 15) is 14.4 Å². The molecule has 0 aliphatic rings. The summed E-state index contributed by atoms with van der Waals surface area (Å²) in [5.74, 6) is 2.38. The Labute approximate surface area is 709 Å². The number of hydrogen-bond donors (Lipinski definition) is 0. The van der Waals surface area contributed by atoms with Gasteiger partial charge in [0.2, 0.25) is 11.8 Å². The van der Waals surface area contributed by atoms with Crippen LogP contribution in [0.2, 0.25) is 0 Å². The molecular formula is C91H148Br5N9O3+2. The molecular weight excluding hydrogens is 1670 g/mol. The van der Waals surface area contributed by atoms with Crippen molar-refractivity contribution in [3.05, 3.63) is 181 Å². The monoisotopic (exact) mass is 1810 g/mol. The number of carbonyl (C=O) groups is 3. The molecule has 0 fully saturated rings. The lowest BCUT2D eigenvalue weighted by Crippen LogP contribution is -3.00. The molecule has 7 unspecified atom stereocenters. The number of aryl methyl sites for hydroxylation is 4. The van der Waals surface area contributed by atoms with E-state index in [0.29, 0.717) is 34.7 Å². The average molecular weight is 1820 g/mol. The lowest BCUT2D eigenvalue weighted by atomic mass is 9.85. The van der Waals surface area contributed by atoms with Crippen molar-refractivity contribution in [1.29, 1.82) is 0 Å². The number of aromatic nitrogens is 6. The van der Waals surface area contributed by atoms with Crippen molar-refractivity contribution >= 4 is 50.6 Å². The second kappa shape index (κ2) is 63.3. The third kappa shape index (κ3) is 38.1. The van der Waals surface area contributed by atoms with Crippen LogP contribution in [-0.2, 0) is 40.6 Å². The van der Waals surface area contributed by atoms with Crippen molar-refractivity contribution in [3.63, 3.8) is 0 Å². The summed E-state index contributed by atoms with van der Waals surface area (Å²) in [6.45, 7) is 37.7. The first-order valence-electron chi connectivity index (χ1n) is 41.9. The van der Waals surface area contributed by atoms with E-state index in [-0.39, 0.29) is 97.5 Å². The number of nitrogens with zero attached hydrogens (tertiary/aromatic N) is 9. The number of pyridine rings is 6. The summed E-state index contributed by atoms with van der Waals surface area (Å²) in [6.07, 6.45) is 42.9. The lowest BCUT2D eigenvalue weighted by Gasteiger charge is -2.38. The number of amides is 3. The summed E-state index contributed by atoms with van der Waals surface area (Å²) in [4.78, 5) is 54.0. The molecule has 0 radical (unpaired) electrons. The van der Waals surface area contributed by atoms with Gasteiger partial charge in [0.05, 0.1) is 38.4 Å². The quantitative estimate of drug-likeness (QED) is 0.0164. The Hall–Kier alpha value is -4.13.